The summed E-state index contributed by atoms with van der Waals surface area (Å²) in [5.41, 5.74) is 1.65. The molecule has 0 N–H and O–H groups in total. The molecular formula is C16H13BrFN3O. The van der Waals surface area contributed by atoms with Crippen LogP contribution in [-0.4, -0.2) is 21.3 Å². The lowest BCUT2D eigenvalue weighted by Crippen LogP contribution is -2.39. The van der Waals surface area contributed by atoms with Crippen LogP contribution < -0.4 is 0 Å². The summed E-state index contributed by atoms with van der Waals surface area (Å²) in [6.45, 7) is 0. The Balaban J connectivity index is 1.90. The highest BCUT2D eigenvalue weighted by molar-refractivity contribution is 9.10. The number of hydrogen-bond acceptors (Lipinski definition) is 3. The van der Waals surface area contributed by atoms with Gasteiger partial charge in [0.1, 0.15) is 11.6 Å². The van der Waals surface area contributed by atoms with Crippen LogP contribution in [0.1, 0.15) is 30.9 Å². The molecule has 1 aromatic carbocycles. The summed E-state index contributed by atoms with van der Waals surface area (Å²) >= 11 is 3.17. The van der Waals surface area contributed by atoms with Crippen LogP contribution in [0.5, 0.6) is 0 Å². The monoisotopic (exact) mass is 361 g/mol. The first kappa shape index (κ1) is 13.8. The normalized spacial score (nSPS) is 23.7. The van der Waals surface area contributed by atoms with Crippen molar-refractivity contribution in [2.75, 3.05) is 0 Å². The van der Waals surface area contributed by atoms with Crippen molar-refractivity contribution in [1.82, 2.24) is 9.78 Å². The Hall–Kier alpha value is -1.82. The van der Waals surface area contributed by atoms with Crippen molar-refractivity contribution in [3.63, 3.8) is 0 Å². The van der Waals surface area contributed by atoms with Crippen molar-refractivity contribution in [3.8, 4) is 0 Å². The summed E-state index contributed by atoms with van der Waals surface area (Å²) < 4.78 is 16.1. The number of fused-ring (bicyclic) bond motifs is 2. The number of rotatable bonds is 1. The SMILES string of the molecule is O=C1CCCC2=Nc3ccnn3C(c3ccc(Br)c(F)c3)C12. The molecule has 0 radical (unpaired) electrons. The Morgan fingerprint density at radius 3 is 2.95 bits per heavy atom. The number of halogens is 2. The summed E-state index contributed by atoms with van der Waals surface area (Å²) in [5, 5.41) is 4.32. The van der Waals surface area contributed by atoms with Gasteiger partial charge in [0.2, 0.25) is 0 Å². The summed E-state index contributed by atoms with van der Waals surface area (Å²) in [6.07, 6.45) is 3.88. The van der Waals surface area contributed by atoms with Gasteiger partial charge in [-0.3, -0.25) is 4.79 Å². The zero-order valence-electron chi connectivity index (χ0n) is 11.7. The van der Waals surface area contributed by atoms with Crippen LogP contribution in [0, 0.1) is 11.7 Å². The summed E-state index contributed by atoms with van der Waals surface area (Å²) in [4.78, 5) is 17.1. The van der Waals surface area contributed by atoms with E-state index in [-0.39, 0.29) is 23.6 Å². The molecule has 1 aliphatic carbocycles. The maximum atomic E-state index is 14.0. The minimum Gasteiger partial charge on any atom is -0.299 e. The second-order valence-corrected chi connectivity index (χ2v) is 6.51. The molecule has 0 spiro atoms. The molecule has 0 bridgehead atoms. The molecular weight excluding hydrogens is 349 g/mol. The summed E-state index contributed by atoms with van der Waals surface area (Å²) in [7, 11) is 0. The largest absolute Gasteiger partial charge is 0.299 e. The number of ketones is 1. The van der Waals surface area contributed by atoms with E-state index in [0.717, 1.165) is 29.9 Å². The lowest BCUT2D eigenvalue weighted by Gasteiger charge is -2.34. The molecule has 112 valence electrons. The fourth-order valence-electron chi connectivity index (χ4n) is 3.35. The van der Waals surface area contributed by atoms with E-state index in [0.29, 0.717) is 10.9 Å². The second kappa shape index (κ2) is 5.12. The van der Waals surface area contributed by atoms with Crippen molar-refractivity contribution in [2.24, 2.45) is 10.9 Å². The molecule has 0 amide bonds. The fourth-order valence-corrected chi connectivity index (χ4v) is 3.60. The number of carbonyl (C=O) groups is 1. The predicted octanol–water partition coefficient (Wildman–Crippen LogP) is 3.83. The van der Waals surface area contributed by atoms with Crippen LogP contribution in [0.3, 0.4) is 0 Å². The van der Waals surface area contributed by atoms with Gasteiger partial charge in [-0.1, -0.05) is 6.07 Å². The Labute approximate surface area is 135 Å². The van der Waals surface area contributed by atoms with Crippen LogP contribution in [0.15, 0.2) is 39.9 Å². The van der Waals surface area contributed by atoms with Crippen LogP contribution in [0.4, 0.5) is 10.2 Å². The number of aliphatic imine (C=N–C) groups is 1. The van der Waals surface area contributed by atoms with Gasteiger partial charge in [0.15, 0.2) is 5.82 Å². The summed E-state index contributed by atoms with van der Waals surface area (Å²) in [5.74, 6) is 0.231. The van der Waals surface area contributed by atoms with Gasteiger partial charge in [0.25, 0.3) is 0 Å². The van der Waals surface area contributed by atoms with E-state index in [4.69, 9.17) is 0 Å². The van der Waals surface area contributed by atoms with Gasteiger partial charge in [-0.2, -0.15) is 5.10 Å². The predicted molar refractivity (Wildman–Crippen MR) is 83.9 cm³/mol. The van der Waals surface area contributed by atoms with Crippen LogP contribution in [0.25, 0.3) is 0 Å². The first-order valence-electron chi connectivity index (χ1n) is 7.24. The second-order valence-electron chi connectivity index (χ2n) is 5.65. The van der Waals surface area contributed by atoms with E-state index in [9.17, 15) is 9.18 Å². The van der Waals surface area contributed by atoms with E-state index >= 15 is 0 Å². The van der Waals surface area contributed by atoms with Crippen molar-refractivity contribution in [3.05, 3.63) is 46.3 Å². The highest BCUT2D eigenvalue weighted by Crippen LogP contribution is 2.40. The first-order chi connectivity index (χ1) is 10.6. The Kier molecular flexibility index (Phi) is 3.22. The Bertz CT molecular complexity index is 798. The van der Waals surface area contributed by atoms with Gasteiger partial charge in [-0.05, 0) is 46.5 Å². The lowest BCUT2D eigenvalue weighted by atomic mass is 9.77. The minimum atomic E-state index is -0.335. The topological polar surface area (TPSA) is 47.2 Å². The van der Waals surface area contributed by atoms with Crippen molar-refractivity contribution in [1.29, 1.82) is 0 Å². The number of Topliss-reactive ketones (excluding diaryl/α,β-unsaturated/α-hetero) is 1. The van der Waals surface area contributed by atoms with E-state index in [1.54, 1.807) is 16.9 Å². The quantitative estimate of drug-likeness (QED) is 0.774. The Morgan fingerprint density at radius 2 is 2.14 bits per heavy atom. The zero-order chi connectivity index (χ0) is 15.3. The molecule has 6 heteroatoms. The molecule has 4 rings (SSSR count). The highest BCUT2D eigenvalue weighted by atomic mass is 79.9. The Morgan fingerprint density at radius 1 is 1.27 bits per heavy atom. The zero-order valence-corrected chi connectivity index (χ0v) is 13.3. The standard InChI is InChI=1S/C16H13BrFN3O/c17-10-5-4-9(8-11(10)18)16-15-12(2-1-3-13(15)22)20-14-6-7-19-21(14)16/h4-8,15-16H,1-3H2. The maximum absolute atomic E-state index is 14.0. The van der Waals surface area contributed by atoms with Gasteiger partial charge < -0.3 is 0 Å². The molecule has 22 heavy (non-hydrogen) atoms. The third-order valence-corrected chi connectivity index (χ3v) is 4.98. The molecule has 1 saturated carbocycles. The first-order valence-corrected chi connectivity index (χ1v) is 8.03. The maximum Gasteiger partial charge on any atom is 0.150 e. The molecule has 0 saturated heterocycles. The number of aromatic nitrogens is 2. The highest BCUT2D eigenvalue weighted by Gasteiger charge is 2.41. The number of benzene rings is 1. The van der Waals surface area contributed by atoms with Crippen LogP contribution in [-0.2, 0) is 4.79 Å². The average molecular weight is 362 g/mol. The van der Waals surface area contributed by atoms with Gasteiger partial charge >= 0.3 is 0 Å². The van der Waals surface area contributed by atoms with E-state index in [2.05, 4.69) is 26.0 Å². The van der Waals surface area contributed by atoms with Crippen molar-refractivity contribution in [2.45, 2.75) is 25.3 Å². The van der Waals surface area contributed by atoms with E-state index in [1.807, 2.05) is 12.1 Å². The number of nitrogens with zero attached hydrogens (tertiary/aromatic N) is 3. The molecule has 2 unspecified atom stereocenters. The van der Waals surface area contributed by atoms with Crippen LogP contribution in [0.2, 0.25) is 0 Å². The number of hydrogen-bond donors (Lipinski definition) is 0. The summed E-state index contributed by atoms with van der Waals surface area (Å²) in [6, 6.07) is 6.50. The van der Waals surface area contributed by atoms with Gasteiger partial charge in [-0.15, -0.1) is 0 Å². The molecule has 2 atom stereocenters. The molecule has 2 aliphatic rings. The molecule has 2 heterocycles. The average Bonchev–Trinajstić information content (AvgIpc) is 2.96. The van der Waals surface area contributed by atoms with E-state index < -0.39 is 0 Å². The lowest BCUT2D eigenvalue weighted by molar-refractivity contribution is -0.122. The van der Waals surface area contributed by atoms with Gasteiger partial charge in [-0.25, -0.2) is 14.1 Å². The molecule has 2 aromatic rings. The third kappa shape index (κ3) is 2.05. The van der Waals surface area contributed by atoms with Crippen molar-refractivity contribution < 1.29 is 9.18 Å². The number of carbonyl (C=O) groups excluding carboxylic acids is 1. The third-order valence-electron chi connectivity index (χ3n) is 4.33. The molecule has 1 aromatic heterocycles. The molecule has 1 fully saturated rings. The fraction of sp³-hybridized carbons (Fsp3) is 0.312. The molecule has 1 aliphatic heterocycles. The smallest absolute Gasteiger partial charge is 0.150 e. The van der Waals surface area contributed by atoms with Gasteiger partial charge in [0, 0.05) is 18.2 Å². The molecule has 4 nitrogen and oxygen atoms in total. The van der Waals surface area contributed by atoms with Crippen molar-refractivity contribution >= 4 is 33.2 Å². The van der Waals surface area contributed by atoms with Crippen LogP contribution >= 0.6 is 15.9 Å². The van der Waals surface area contributed by atoms with E-state index in [1.165, 1.54) is 6.07 Å². The minimum absolute atomic E-state index is 0.166. The van der Waals surface area contributed by atoms with Gasteiger partial charge in [0.05, 0.1) is 22.6 Å².